The van der Waals surface area contributed by atoms with Crippen molar-refractivity contribution >= 4 is 17.6 Å². The maximum absolute atomic E-state index is 11.9. The van der Waals surface area contributed by atoms with Crippen molar-refractivity contribution in [2.75, 3.05) is 14.2 Å². The maximum atomic E-state index is 11.9. The predicted molar refractivity (Wildman–Crippen MR) is 72.2 cm³/mol. The van der Waals surface area contributed by atoms with Gasteiger partial charge in [-0.2, -0.15) is 5.10 Å². The molecule has 1 aromatic carbocycles. The number of ether oxygens (including phenoxy) is 2. The highest BCUT2D eigenvalue weighted by Crippen LogP contribution is 2.18. The third-order valence-corrected chi connectivity index (χ3v) is 2.99. The van der Waals surface area contributed by atoms with Crippen molar-refractivity contribution in [3.8, 4) is 5.75 Å². The topological polar surface area (TPSA) is 68.2 Å². The molecule has 1 aliphatic heterocycles. The van der Waals surface area contributed by atoms with E-state index in [-0.39, 0.29) is 24.6 Å². The highest BCUT2D eigenvalue weighted by Gasteiger charge is 2.23. The second-order valence-corrected chi connectivity index (χ2v) is 4.35. The normalized spacial score (nSPS) is 14.8. The number of carbonyl (C=O) groups excluding carboxylic acids is 2. The van der Waals surface area contributed by atoms with E-state index in [1.54, 1.807) is 13.2 Å². The van der Waals surface area contributed by atoms with Crippen LogP contribution in [0.4, 0.5) is 0 Å². The molecule has 1 amide bonds. The van der Waals surface area contributed by atoms with Crippen molar-refractivity contribution in [2.24, 2.45) is 5.10 Å². The van der Waals surface area contributed by atoms with Crippen LogP contribution in [0, 0.1) is 0 Å². The van der Waals surface area contributed by atoms with Crippen LogP contribution < -0.4 is 4.74 Å². The van der Waals surface area contributed by atoms with Gasteiger partial charge in [-0.3, -0.25) is 4.79 Å². The number of carbonyl (C=O) groups is 2. The molecule has 6 heteroatoms. The predicted octanol–water partition coefficient (Wildman–Crippen LogP) is 1.35. The molecule has 0 aromatic heterocycles. The lowest BCUT2D eigenvalue weighted by molar-refractivity contribution is -0.137. The molecule has 2 rings (SSSR count). The molecule has 1 aromatic rings. The number of hydrazone groups is 1. The van der Waals surface area contributed by atoms with E-state index < -0.39 is 5.97 Å². The maximum Gasteiger partial charge on any atom is 0.354 e. The molecular formula is C14H16N2O4. The van der Waals surface area contributed by atoms with Crippen LogP contribution in [0.3, 0.4) is 0 Å². The number of amides is 1. The summed E-state index contributed by atoms with van der Waals surface area (Å²) in [4.78, 5) is 23.2. The summed E-state index contributed by atoms with van der Waals surface area (Å²) in [5, 5.41) is 5.08. The van der Waals surface area contributed by atoms with Gasteiger partial charge in [0.1, 0.15) is 18.1 Å². The van der Waals surface area contributed by atoms with Gasteiger partial charge in [0, 0.05) is 25.5 Å². The van der Waals surface area contributed by atoms with E-state index in [1.807, 2.05) is 18.2 Å². The molecule has 0 saturated heterocycles. The van der Waals surface area contributed by atoms with Crippen LogP contribution in [0.15, 0.2) is 29.4 Å². The van der Waals surface area contributed by atoms with Crippen molar-refractivity contribution in [1.29, 1.82) is 0 Å². The van der Waals surface area contributed by atoms with Crippen LogP contribution in [-0.4, -0.2) is 36.8 Å². The highest BCUT2D eigenvalue weighted by molar-refractivity contribution is 6.37. The van der Waals surface area contributed by atoms with Gasteiger partial charge in [0.15, 0.2) is 0 Å². The minimum absolute atomic E-state index is 0.105. The molecule has 6 nitrogen and oxygen atoms in total. The van der Waals surface area contributed by atoms with Gasteiger partial charge in [0.25, 0.3) is 0 Å². The fraction of sp³-hybridized carbons (Fsp3) is 0.357. The minimum Gasteiger partial charge on any atom is -0.496 e. The second kappa shape index (κ2) is 6.18. The monoisotopic (exact) mass is 276 g/mol. The molecule has 0 N–H and O–H groups in total. The first-order chi connectivity index (χ1) is 9.61. The lowest BCUT2D eigenvalue weighted by Gasteiger charge is -2.18. The Kier molecular flexibility index (Phi) is 4.34. The summed E-state index contributed by atoms with van der Waals surface area (Å²) in [6.07, 6.45) is 0.590. The third kappa shape index (κ3) is 3.14. The summed E-state index contributed by atoms with van der Waals surface area (Å²) in [7, 11) is 3.08. The Morgan fingerprint density at radius 2 is 2.10 bits per heavy atom. The zero-order valence-corrected chi connectivity index (χ0v) is 11.5. The number of para-hydroxylation sites is 1. The van der Waals surface area contributed by atoms with E-state index in [0.29, 0.717) is 12.2 Å². The number of nitrogens with zero attached hydrogens (tertiary/aromatic N) is 2. The van der Waals surface area contributed by atoms with Gasteiger partial charge < -0.3 is 9.47 Å². The Labute approximate surface area is 117 Å². The average Bonchev–Trinajstić information content (AvgIpc) is 2.47. The van der Waals surface area contributed by atoms with E-state index in [9.17, 15) is 9.59 Å². The van der Waals surface area contributed by atoms with Crippen LogP contribution >= 0.6 is 0 Å². The number of benzene rings is 1. The summed E-state index contributed by atoms with van der Waals surface area (Å²) in [6, 6.07) is 7.31. The van der Waals surface area contributed by atoms with Gasteiger partial charge in [-0.05, 0) is 6.07 Å². The Morgan fingerprint density at radius 3 is 2.80 bits per heavy atom. The zero-order valence-electron chi connectivity index (χ0n) is 11.5. The fourth-order valence-electron chi connectivity index (χ4n) is 1.87. The van der Waals surface area contributed by atoms with E-state index in [1.165, 1.54) is 12.1 Å². The Balaban J connectivity index is 1.99. The molecule has 0 unspecified atom stereocenters. The molecule has 0 bridgehead atoms. The van der Waals surface area contributed by atoms with E-state index in [4.69, 9.17) is 9.47 Å². The third-order valence-electron chi connectivity index (χ3n) is 2.99. The van der Waals surface area contributed by atoms with Crippen LogP contribution in [0.25, 0.3) is 0 Å². The molecule has 0 spiro atoms. The molecule has 106 valence electrons. The van der Waals surface area contributed by atoms with Crippen LogP contribution in [0.2, 0.25) is 0 Å². The van der Waals surface area contributed by atoms with E-state index in [0.717, 1.165) is 5.56 Å². The lowest BCUT2D eigenvalue weighted by Crippen LogP contribution is -2.32. The number of hydrogen-bond acceptors (Lipinski definition) is 5. The fourth-order valence-corrected chi connectivity index (χ4v) is 1.87. The van der Waals surface area contributed by atoms with Crippen molar-refractivity contribution in [1.82, 2.24) is 5.01 Å². The number of rotatable bonds is 4. The lowest BCUT2D eigenvalue weighted by atomic mass is 10.1. The quantitative estimate of drug-likeness (QED) is 0.778. The molecule has 1 aliphatic rings. The number of hydrogen-bond donors (Lipinski definition) is 0. The Morgan fingerprint density at radius 1 is 1.35 bits per heavy atom. The summed E-state index contributed by atoms with van der Waals surface area (Å²) < 4.78 is 10.4. The molecule has 0 atom stereocenters. The Hall–Kier alpha value is -2.37. The van der Waals surface area contributed by atoms with Crippen LogP contribution in [0.1, 0.15) is 18.4 Å². The first kappa shape index (κ1) is 14.0. The summed E-state index contributed by atoms with van der Waals surface area (Å²) >= 11 is 0. The summed E-state index contributed by atoms with van der Waals surface area (Å²) in [5.41, 5.74) is 1.05. The number of esters is 1. The Bertz CT molecular complexity index is 554. The molecular weight excluding hydrogens is 260 g/mol. The van der Waals surface area contributed by atoms with Gasteiger partial charge in [0.2, 0.25) is 5.91 Å². The smallest absolute Gasteiger partial charge is 0.354 e. The van der Waals surface area contributed by atoms with Crippen molar-refractivity contribution in [2.45, 2.75) is 19.4 Å². The van der Waals surface area contributed by atoms with Gasteiger partial charge in [-0.1, -0.05) is 18.2 Å². The summed E-state index contributed by atoms with van der Waals surface area (Å²) in [5.74, 6) is 0.0553. The number of methoxy groups -OCH3 is 1. The standard InChI is InChI=1S/C14H16N2O4/c1-16-13(17)8-7-11(15-16)14(18)20-9-10-5-3-4-6-12(10)19-2/h3-6H,7-9H2,1-2H3. The molecule has 0 fully saturated rings. The van der Waals surface area contributed by atoms with Gasteiger partial charge >= 0.3 is 5.97 Å². The van der Waals surface area contributed by atoms with Crippen molar-refractivity contribution in [3.63, 3.8) is 0 Å². The van der Waals surface area contributed by atoms with Gasteiger partial charge in [0.05, 0.1) is 7.11 Å². The molecule has 0 aliphatic carbocycles. The largest absolute Gasteiger partial charge is 0.496 e. The zero-order chi connectivity index (χ0) is 14.5. The van der Waals surface area contributed by atoms with Crippen molar-refractivity contribution < 1.29 is 19.1 Å². The van der Waals surface area contributed by atoms with Gasteiger partial charge in [-0.15, -0.1) is 0 Å². The first-order valence-corrected chi connectivity index (χ1v) is 6.25. The summed E-state index contributed by atoms with van der Waals surface area (Å²) in [6.45, 7) is 0.111. The van der Waals surface area contributed by atoms with Gasteiger partial charge in [-0.25, -0.2) is 9.80 Å². The second-order valence-electron chi connectivity index (χ2n) is 4.35. The molecule has 20 heavy (non-hydrogen) atoms. The van der Waals surface area contributed by atoms with Crippen LogP contribution in [0.5, 0.6) is 5.75 Å². The van der Waals surface area contributed by atoms with Crippen LogP contribution in [-0.2, 0) is 20.9 Å². The average molecular weight is 276 g/mol. The van der Waals surface area contributed by atoms with E-state index in [2.05, 4.69) is 5.10 Å². The van der Waals surface area contributed by atoms with E-state index >= 15 is 0 Å². The first-order valence-electron chi connectivity index (χ1n) is 6.25. The molecule has 1 heterocycles. The van der Waals surface area contributed by atoms with Crippen molar-refractivity contribution in [3.05, 3.63) is 29.8 Å². The highest BCUT2D eigenvalue weighted by atomic mass is 16.5. The molecule has 0 saturated carbocycles. The minimum atomic E-state index is -0.504. The SMILES string of the molecule is COc1ccccc1COC(=O)C1=NN(C)C(=O)CC1. The molecule has 0 radical (unpaired) electrons.